The third-order valence-electron chi connectivity index (χ3n) is 7.23. The third-order valence-corrected chi connectivity index (χ3v) is 8.01. The number of fused-ring (bicyclic) bond motifs is 2. The number of aromatic nitrogens is 2. The van der Waals surface area contributed by atoms with E-state index in [0.29, 0.717) is 46.7 Å². The maximum absolute atomic E-state index is 14.6. The molecule has 2 aromatic carbocycles. The summed E-state index contributed by atoms with van der Waals surface area (Å²) in [6.45, 7) is 8.85. The molecule has 2 heterocycles. The molecule has 1 saturated heterocycles. The SMILES string of the molecule is COc1cc2c(Nc3ccc(Cl)c(Cl)c3F)ncnc2cc1OC[C@@H]1C[C@@H]2CN(CC(C)C)C[C@@H]2C1.Cl. The largest absolute Gasteiger partial charge is 0.493 e. The molecule has 37 heavy (non-hydrogen) atoms. The van der Waals surface area contributed by atoms with Gasteiger partial charge in [0.1, 0.15) is 12.1 Å². The van der Waals surface area contributed by atoms with E-state index in [2.05, 4.69) is 34.0 Å². The van der Waals surface area contributed by atoms with Crippen molar-refractivity contribution >= 4 is 58.0 Å². The van der Waals surface area contributed by atoms with Crippen molar-refractivity contribution in [1.82, 2.24) is 14.9 Å². The molecule has 1 aromatic heterocycles. The Morgan fingerprint density at radius 1 is 1.11 bits per heavy atom. The van der Waals surface area contributed by atoms with Gasteiger partial charge in [-0.1, -0.05) is 37.0 Å². The van der Waals surface area contributed by atoms with Crippen LogP contribution in [0.4, 0.5) is 15.9 Å². The number of nitrogens with zero attached hydrogens (tertiary/aromatic N) is 3. The van der Waals surface area contributed by atoms with Crippen molar-refractivity contribution in [2.75, 3.05) is 38.7 Å². The Kier molecular flexibility index (Phi) is 8.89. The van der Waals surface area contributed by atoms with Gasteiger partial charge in [-0.05, 0) is 54.7 Å². The lowest BCUT2D eigenvalue weighted by molar-refractivity contribution is 0.216. The van der Waals surface area contributed by atoms with E-state index < -0.39 is 5.82 Å². The fourth-order valence-electron chi connectivity index (χ4n) is 5.72. The van der Waals surface area contributed by atoms with Crippen LogP contribution in [-0.2, 0) is 0 Å². The second kappa shape index (κ2) is 11.8. The molecule has 2 aliphatic rings. The number of hydrogen-bond donors (Lipinski definition) is 1. The molecule has 200 valence electrons. The lowest BCUT2D eigenvalue weighted by atomic mass is 10.0. The lowest BCUT2D eigenvalue weighted by Gasteiger charge is -2.21. The first-order valence-corrected chi connectivity index (χ1v) is 13.2. The smallest absolute Gasteiger partial charge is 0.166 e. The van der Waals surface area contributed by atoms with Crippen molar-refractivity contribution in [2.45, 2.75) is 26.7 Å². The van der Waals surface area contributed by atoms with Gasteiger partial charge in [0.25, 0.3) is 0 Å². The second-order valence-corrected chi connectivity index (χ2v) is 11.2. The fraction of sp³-hybridized carbons (Fsp3) is 0.481. The Balaban J connectivity index is 0.00000320. The summed E-state index contributed by atoms with van der Waals surface area (Å²) in [7, 11) is 1.60. The highest BCUT2D eigenvalue weighted by Crippen LogP contribution is 2.43. The molecule has 1 N–H and O–H groups in total. The summed E-state index contributed by atoms with van der Waals surface area (Å²) in [6, 6.07) is 6.72. The van der Waals surface area contributed by atoms with Crippen molar-refractivity contribution in [1.29, 1.82) is 0 Å². The minimum Gasteiger partial charge on any atom is -0.493 e. The first-order chi connectivity index (χ1) is 17.3. The molecule has 3 aromatic rings. The van der Waals surface area contributed by atoms with Gasteiger partial charge in [0.15, 0.2) is 17.3 Å². The van der Waals surface area contributed by atoms with Gasteiger partial charge in [-0.15, -0.1) is 12.4 Å². The maximum atomic E-state index is 14.6. The van der Waals surface area contributed by atoms with E-state index in [9.17, 15) is 4.39 Å². The van der Waals surface area contributed by atoms with Crippen LogP contribution in [-0.4, -0.2) is 48.2 Å². The van der Waals surface area contributed by atoms with Crippen LogP contribution in [0.25, 0.3) is 10.9 Å². The molecule has 2 fully saturated rings. The molecule has 1 aliphatic carbocycles. The van der Waals surface area contributed by atoms with Crippen LogP contribution >= 0.6 is 35.6 Å². The summed E-state index contributed by atoms with van der Waals surface area (Å²) in [5, 5.41) is 3.68. The van der Waals surface area contributed by atoms with Crippen LogP contribution in [0.1, 0.15) is 26.7 Å². The first-order valence-electron chi connectivity index (χ1n) is 12.4. The van der Waals surface area contributed by atoms with Crippen molar-refractivity contribution in [3.05, 3.63) is 46.5 Å². The van der Waals surface area contributed by atoms with E-state index in [4.69, 9.17) is 32.7 Å². The third kappa shape index (κ3) is 6.00. The summed E-state index contributed by atoms with van der Waals surface area (Å²) in [6.07, 6.45) is 3.85. The number of rotatable bonds is 8. The number of likely N-dealkylation sites (tertiary alicyclic amines) is 1. The van der Waals surface area contributed by atoms with E-state index in [1.807, 2.05) is 12.1 Å². The number of nitrogens with one attached hydrogen (secondary N) is 1. The van der Waals surface area contributed by atoms with E-state index in [1.54, 1.807) is 7.11 Å². The van der Waals surface area contributed by atoms with Gasteiger partial charge in [-0.3, -0.25) is 0 Å². The number of methoxy groups -OCH3 is 1. The Labute approximate surface area is 233 Å². The highest BCUT2D eigenvalue weighted by Gasteiger charge is 2.41. The summed E-state index contributed by atoms with van der Waals surface area (Å²) in [5.74, 6) is 3.82. The Morgan fingerprint density at radius 2 is 1.84 bits per heavy atom. The van der Waals surface area contributed by atoms with E-state index >= 15 is 0 Å². The van der Waals surface area contributed by atoms with E-state index in [1.165, 1.54) is 50.9 Å². The van der Waals surface area contributed by atoms with Gasteiger partial charge in [-0.25, -0.2) is 14.4 Å². The first kappa shape index (κ1) is 28.0. The quantitative estimate of drug-likeness (QED) is 0.289. The molecule has 1 aliphatic heterocycles. The fourth-order valence-corrected chi connectivity index (χ4v) is 6.03. The van der Waals surface area contributed by atoms with Crippen LogP contribution in [0, 0.1) is 29.5 Å². The Bertz CT molecular complexity index is 1250. The van der Waals surface area contributed by atoms with Gasteiger partial charge in [-0.2, -0.15) is 0 Å². The predicted molar refractivity (Wildman–Crippen MR) is 150 cm³/mol. The average molecular weight is 570 g/mol. The van der Waals surface area contributed by atoms with Crippen LogP contribution in [0.5, 0.6) is 11.5 Å². The van der Waals surface area contributed by atoms with E-state index in [-0.39, 0.29) is 28.1 Å². The molecule has 0 amide bonds. The van der Waals surface area contributed by atoms with Crippen molar-refractivity contribution in [2.24, 2.45) is 23.7 Å². The van der Waals surface area contributed by atoms with Gasteiger partial charge in [0.2, 0.25) is 0 Å². The molecule has 0 spiro atoms. The van der Waals surface area contributed by atoms with Crippen molar-refractivity contribution in [3.8, 4) is 11.5 Å². The number of benzene rings is 2. The Hall–Kier alpha value is -2.06. The van der Waals surface area contributed by atoms with Gasteiger partial charge in [0, 0.05) is 31.1 Å². The molecule has 1 saturated carbocycles. The summed E-state index contributed by atoms with van der Waals surface area (Å²) in [5.41, 5.74) is 0.832. The average Bonchev–Trinajstić information content (AvgIpc) is 3.40. The minimum absolute atomic E-state index is 0. The molecule has 10 heteroatoms. The summed E-state index contributed by atoms with van der Waals surface area (Å²) >= 11 is 11.9. The standard InChI is InChI=1S/C27H31Cl2FN4O2.ClH/c1-15(2)10-34-11-17-6-16(7-18(17)12-34)13-36-24-9-22-19(8-23(24)35-3)27(32-14-31-22)33-21-5-4-20(28)25(29)26(21)30;/h4-5,8-9,14-18H,6-7,10-13H2,1-3H3,(H,31,32,33);1H/t16-,17-,18+;. The van der Waals surface area contributed by atoms with Crippen LogP contribution < -0.4 is 14.8 Å². The second-order valence-electron chi connectivity index (χ2n) is 10.4. The molecule has 6 nitrogen and oxygen atoms in total. The number of ether oxygens (including phenoxy) is 2. The normalized spacial score (nSPS) is 21.2. The number of hydrogen-bond acceptors (Lipinski definition) is 6. The molecule has 3 atom stereocenters. The minimum atomic E-state index is -0.642. The molecular formula is C27H32Cl3FN4O2. The maximum Gasteiger partial charge on any atom is 0.166 e. The van der Waals surface area contributed by atoms with Crippen LogP contribution in [0.3, 0.4) is 0 Å². The summed E-state index contributed by atoms with van der Waals surface area (Å²) < 4.78 is 26.5. The highest BCUT2D eigenvalue weighted by atomic mass is 35.5. The number of halogens is 4. The molecule has 0 unspecified atom stereocenters. The van der Waals surface area contributed by atoms with Crippen molar-refractivity contribution in [3.63, 3.8) is 0 Å². The summed E-state index contributed by atoms with van der Waals surface area (Å²) in [4.78, 5) is 11.3. The van der Waals surface area contributed by atoms with Gasteiger partial charge >= 0.3 is 0 Å². The van der Waals surface area contributed by atoms with Gasteiger partial charge < -0.3 is 19.7 Å². The molecule has 0 bridgehead atoms. The molecular weight excluding hydrogens is 538 g/mol. The monoisotopic (exact) mass is 568 g/mol. The van der Waals surface area contributed by atoms with E-state index in [0.717, 1.165) is 11.8 Å². The zero-order chi connectivity index (χ0) is 25.4. The molecule has 0 radical (unpaired) electrons. The van der Waals surface area contributed by atoms with Crippen LogP contribution in [0.15, 0.2) is 30.6 Å². The van der Waals surface area contributed by atoms with Crippen molar-refractivity contribution < 1.29 is 13.9 Å². The molecule has 5 rings (SSSR count). The number of anilines is 2. The zero-order valence-electron chi connectivity index (χ0n) is 21.1. The highest BCUT2D eigenvalue weighted by molar-refractivity contribution is 6.42. The topological polar surface area (TPSA) is 59.5 Å². The zero-order valence-corrected chi connectivity index (χ0v) is 23.5. The predicted octanol–water partition coefficient (Wildman–Crippen LogP) is 7.24. The lowest BCUT2D eigenvalue weighted by Crippen LogP contribution is -2.27. The van der Waals surface area contributed by atoms with Gasteiger partial charge in [0.05, 0.1) is 35.0 Å². The Morgan fingerprint density at radius 3 is 2.51 bits per heavy atom. The van der Waals surface area contributed by atoms with Crippen LogP contribution in [0.2, 0.25) is 10.0 Å².